The fourth-order valence-corrected chi connectivity index (χ4v) is 3.71. The second-order valence-electron chi connectivity index (χ2n) is 6.17. The summed E-state index contributed by atoms with van der Waals surface area (Å²) in [6.45, 7) is -0.600. The highest BCUT2D eigenvalue weighted by atomic mass is 35.5. The molecule has 0 spiro atoms. The monoisotopic (exact) mass is 407 g/mol. The smallest absolute Gasteiger partial charge is 0.244 e. The van der Waals surface area contributed by atoms with Crippen LogP contribution in [0.15, 0.2) is 48.5 Å². The molecule has 0 saturated heterocycles. The third kappa shape index (κ3) is 4.47. The summed E-state index contributed by atoms with van der Waals surface area (Å²) in [4.78, 5) is 26.0. The summed E-state index contributed by atoms with van der Waals surface area (Å²) >= 11 is 6.12. The van der Waals surface area contributed by atoms with Crippen LogP contribution in [0.25, 0.3) is 0 Å². The lowest BCUT2D eigenvalue weighted by atomic mass is 10.2. The number of carbonyl (C=O) groups is 2. The van der Waals surface area contributed by atoms with E-state index in [1.165, 1.54) is 4.90 Å². The van der Waals surface area contributed by atoms with Gasteiger partial charge in [0.25, 0.3) is 0 Å². The number of hydrogen-bond donors (Lipinski definition) is 1. The minimum absolute atomic E-state index is 0.0358. The van der Waals surface area contributed by atoms with Gasteiger partial charge in [-0.3, -0.25) is 14.5 Å². The van der Waals surface area contributed by atoms with Crippen molar-refractivity contribution >= 4 is 44.8 Å². The van der Waals surface area contributed by atoms with Crippen LogP contribution in [-0.4, -0.2) is 43.9 Å². The van der Waals surface area contributed by atoms with Crippen molar-refractivity contribution in [1.82, 2.24) is 4.31 Å². The summed E-state index contributed by atoms with van der Waals surface area (Å²) in [6, 6.07) is 13.7. The lowest BCUT2D eigenvalue weighted by molar-refractivity contribution is -0.122. The van der Waals surface area contributed by atoms with E-state index >= 15 is 0 Å². The topological polar surface area (TPSA) is 86.8 Å². The van der Waals surface area contributed by atoms with Crippen LogP contribution in [-0.2, 0) is 26.2 Å². The molecule has 0 bridgehead atoms. The minimum Gasteiger partial charge on any atom is -0.323 e. The molecule has 2 aromatic rings. The summed E-state index contributed by atoms with van der Waals surface area (Å²) in [7, 11) is -3.68. The predicted octanol–water partition coefficient (Wildman–Crippen LogP) is 2.09. The second-order valence-corrected chi connectivity index (χ2v) is 8.56. The van der Waals surface area contributed by atoms with E-state index in [9.17, 15) is 18.0 Å². The molecule has 3 rings (SSSR count). The number of rotatable bonds is 5. The van der Waals surface area contributed by atoms with Crippen LogP contribution in [0.4, 0.5) is 11.4 Å². The Morgan fingerprint density at radius 3 is 2.56 bits per heavy atom. The quantitative estimate of drug-likeness (QED) is 0.822. The zero-order valence-electron chi connectivity index (χ0n) is 14.6. The highest BCUT2D eigenvalue weighted by molar-refractivity contribution is 7.88. The summed E-state index contributed by atoms with van der Waals surface area (Å²) in [5.74, 6) is -0.825. The van der Waals surface area contributed by atoms with E-state index in [1.807, 2.05) is 0 Å². The van der Waals surface area contributed by atoms with Crippen LogP contribution in [0.2, 0.25) is 5.02 Å². The molecular formula is C18H18ClN3O4S. The molecule has 142 valence electrons. The van der Waals surface area contributed by atoms with Crippen LogP contribution >= 0.6 is 11.6 Å². The van der Waals surface area contributed by atoms with Crippen molar-refractivity contribution in [2.75, 3.05) is 29.6 Å². The lowest BCUT2D eigenvalue weighted by Gasteiger charge is -2.31. The number of halogens is 1. The van der Waals surface area contributed by atoms with Gasteiger partial charge in [-0.25, -0.2) is 8.42 Å². The van der Waals surface area contributed by atoms with E-state index in [0.29, 0.717) is 22.0 Å². The van der Waals surface area contributed by atoms with Crippen molar-refractivity contribution in [3.05, 3.63) is 59.1 Å². The van der Waals surface area contributed by atoms with Gasteiger partial charge in [0.2, 0.25) is 21.8 Å². The molecule has 0 fully saturated rings. The molecule has 0 saturated carbocycles. The molecule has 1 aliphatic heterocycles. The van der Waals surface area contributed by atoms with Gasteiger partial charge in [-0.1, -0.05) is 41.9 Å². The molecule has 0 unspecified atom stereocenters. The number of benzene rings is 2. The summed E-state index contributed by atoms with van der Waals surface area (Å²) in [6.07, 6.45) is 1.04. The van der Waals surface area contributed by atoms with Crippen LogP contribution in [0.3, 0.4) is 0 Å². The third-order valence-electron chi connectivity index (χ3n) is 4.16. The van der Waals surface area contributed by atoms with Crippen molar-refractivity contribution in [3.8, 4) is 0 Å². The van der Waals surface area contributed by atoms with Crippen molar-refractivity contribution in [3.63, 3.8) is 0 Å². The molecule has 0 atom stereocenters. The number of nitrogens with one attached hydrogen (secondary N) is 1. The molecule has 2 aromatic carbocycles. The SMILES string of the molecule is CS(=O)(=O)N(CC(=O)N1CC(=O)Nc2ccccc21)Cc1ccccc1Cl. The van der Waals surface area contributed by atoms with Gasteiger partial charge in [0.15, 0.2) is 0 Å². The number of carbonyl (C=O) groups excluding carboxylic acids is 2. The first kappa shape index (κ1) is 19.3. The number of para-hydroxylation sites is 2. The highest BCUT2D eigenvalue weighted by Gasteiger charge is 2.30. The van der Waals surface area contributed by atoms with Gasteiger partial charge in [-0.05, 0) is 23.8 Å². The Kier molecular flexibility index (Phi) is 5.50. The van der Waals surface area contributed by atoms with Gasteiger partial charge in [-0.15, -0.1) is 0 Å². The van der Waals surface area contributed by atoms with E-state index in [1.54, 1.807) is 48.5 Å². The van der Waals surface area contributed by atoms with Gasteiger partial charge in [0, 0.05) is 11.6 Å². The van der Waals surface area contributed by atoms with Gasteiger partial charge in [-0.2, -0.15) is 4.31 Å². The molecule has 0 aliphatic carbocycles. The van der Waals surface area contributed by atoms with Gasteiger partial charge in [0.1, 0.15) is 6.54 Å². The number of hydrogen-bond acceptors (Lipinski definition) is 4. The van der Waals surface area contributed by atoms with E-state index in [2.05, 4.69) is 5.32 Å². The molecule has 1 aliphatic rings. The number of amides is 2. The predicted molar refractivity (Wildman–Crippen MR) is 104 cm³/mol. The van der Waals surface area contributed by atoms with E-state index in [0.717, 1.165) is 10.6 Å². The maximum atomic E-state index is 12.8. The number of sulfonamides is 1. The van der Waals surface area contributed by atoms with E-state index in [4.69, 9.17) is 11.6 Å². The van der Waals surface area contributed by atoms with E-state index < -0.39 is 22.5 Å². The van der Waals surface area contributed by atoms with Gasteiger partial charge >= 0.3 is 0 Å². The second kappa shape index (κ2) is 7.67. The molecule has 0 radical (unpaired) electrons. The van der Waals surface area contributed by atoms with Crippen molar-refractivity contribution in [2.24, 2.45) is 0 Å². The number of anilines is 2. The zero-order chi connectivity index (χ0) is 19.6. The Balaban J connectivity index is 1.85. The average Bonchev–Trinajstić information content (AvgIpc) is 2.61. The Labute approximate surface area is 162 Å². The first-order valence-corrected chi connectivity index (χ1v) is 10.4. The lowest BCUT2D eigenvalue weighted by Crippen LogP contribution is -2.47. The van der Waals surface area contributed by atoms with Crippen LogP contribution < -0.4 is 10.2 Å². The molecule has 2 amide bonds. The van der Waals surface area contributed by atoms with Gasteiger partial charge in [0.05, 0.1) is 24.2 Å². The first-order valence-electron chi connectivity index (χ1n) is 8.13. The standard InChI is InChI=1S/C18H18ClN3O4S/c1-27(25,26)21(10-13-6-2-3-7-14(13)19)12-18(24)22-11-17(23)20-15-8-4-5-9-16(15)22/h2-9H,10-12H2,1H3,(H,20,23). The fourth-order valence-electron chi connectivity index (χ4n) is 2.80. The summed E-state index contributed by atoms with van der Waals surface area (Å²) in [5.41, 5.74) is 1.64. The van der Waals surface area contributed by atoms with Crippen molar-refractivity contribution in [2.45, 2.75) is 6.54 Å². The molecule has 9 heteroatoms. The molecule has 1 heterocycles. The molecular weight excluding hydrogens is 390 g/mol. The van der Waals surface area contributed by atoms with Crippen molar-refractivity contribution in [1.29, 1.82) is 0 Å². The highest BCUT2D eigenvalue weighted by Crippen LogP contribution is 2.29. The van der Waals surface area contributed by atoms with Crippen LogP contribution in [0.1, 0.15) is 5.56 Å². The molecule has 7 nitrogen and oxygen atoms in total. The van der Waals surface area contributed by atoms with Crippen LogP contribution in [0, 0.1) is 0 Å². The number of nitrogens with zero attached hydrogens (tertiary/aromatic N) is 2. The molecule has 0 aromatic heterocycles. The first-order chi connectivity index (χ1) is 12.8. The van der Waals surface area contributed by atoms with E-state index in [-0.39, 0.29) is 19.0 Å². The Morgan fingerprint density at radius 1 is 1.19 bits per heavy atom. The largest absolute Gasteiger partial charge is 0.323 e. The Morgan fingerprint density at radius 2 is 1.85 bits per heavy atom. The van der Waals surface area contributed by atoms with Crippen LogP contribution in [0.5, 0.6) is 0 Å². The Bertz CT molecular complexity index is 994. The summed E-state index contributed by atoms with van der Waals surface area (Å²) < 4.78 is 25.5. The third-order valence-corrected chi connectivity index (χ3v) is 5.72. The zero-order valence-corrected chi connectivity index (χ0v) is 16.1. The molecule has 27 heavy (non-hydrogen) atoms. The molecule has 1 N–H and O–H groups in total. The van der Waals surface area contributed by atoms with Crippen molar-refractivity contribution < 1.29 is 18.0 Å². The maximum Gasteiger partial charge on any atom is 0.244 e. The Hall–Kier alpha value is -2.42. The number of fused-ring (bicyclic) bond motifs is 1. The maximum absolute atomic E-state index is 12.8. The summed E-state index contributed by atoms with van der Waals surface area (Å²) in [5, 5.41) is 3.11. The minimum atomic E-state index is -3.68. The fraction of sp³-hybridized carbons (Fsp3) is 0.222. The average molecular weight is 408 g/mol. The van der Waals surface area contributed by atoms with Gasteiger partial charge < -0.3 is 5.32 Å². The normalized spacial score (nSPS) is 14.0.